The average molecular weight is 288 g/mol. The Labute approximate surface area is 127 Å². The summed E-state index contributed by atoms with van der Waals surface area (Å²) in [4.78, 5) is 0. The summed E-state index contributed by atoms with van der Waals surface area (Å²) in [6.45, 7) is 9.96. The second-order valence-electron chi connectivity index (χ2n) is 5.64. The minimum absolute atomic E-state index is 0.219. The van der Waals surface area contributed by atoms with Gasteiger partial charge in [0, 0.05) is 5.92 Å². The van der Waals surface area contributed by atoms with Gasteiger partial charge in [-0.3, -0.25) is 0 Å². The predicted octanol–water partition coefficient (Wildman–Crippen LogP) is 5.15. The molecular formula is C19H25FO. The minimum Gasteiger partial charge on any atom is -0.388 e. The van der Waals surface area contributed by atoms with Crippen LogP contribution in [0.2, 0.25) is 0 Å². The molecule has 0 radical (unpaired) electrons. The molecule has 0 aliphatic rings. The quantitative estimate of drug-likeness (QED) is 0.688. The predicted molar refractivity (Wildman–Crippen MR) is 87.8 cm³/mol. The van der Waals surface area contributed by atoms with Gasteiger partial charge in [0.1, 0.15) is 5.82 Å². The molecule has 114 valence electrons. The normalized spacial score (nSPS) is 14.4. The van der Waals surface area contributed by atoms with Gasteiger partial charge in [0.05, 0.1) is 6.10 Å². The van der Waals surface area contributed by atoms with Crippen molar-refractivity contribution in [1.29, 1.82) is 0 Å². The zero-order chi connectivity index (χ0) is 15.8. The standard InChI is InChI=1S/C19H25FO/c1-5-18(16-9-11-17(20)12-10-16)19(21)13-15(4)8-6-7-14(2)3/h5,7,9-13,18-19,21H,1,6,8H2,2-4H3/t18-,19-/m1/s1. The van der Waals surface area contributed by atoms with Crippen LogP contribution in [0.25, 0.3) is 0 Å². The van der Waals surface area contributed by atoms with Crippen LogP contribution in [-0.2, 0) is 0 Å². The molecule has 0 aliphatic carbocycles. The van der Waals surface area contributed by atoms with E-state index in [4.69, 9.17) is 0 Å². The average Bonchev–Trinajstić information content (AvgIpc) is 2.41. The lowest BCUT2D eigenvalue weighted by atomic mass is 9.92. The number of aliphatic hydroxyl groups is 1. The highest BCUT2D eigenvalue weighted by atomic mass is 19.1. The van der Waals surface area contributed by atoms with Crippen molar-refractivity contribution < 1.29 is 9.50 Å². The van der Waals surface area contributed by atoms with Gasteiger partial charge in [-0.25, -0.2) is 4.39 Å². The van der Waals surface area contributed by atoms with Crippen molar-refractivity contribution in [2.75, 3.05) is 0 Å². The number of allylic oxidation sites excluding steroid dienone is 3. The van der Waals surface area contributed by atoms with Crippen LogP contribution in [0, 0.1) is 5.82 Å². The number of rotatable bonds is 7. The molecule has 1 N–H and O–H groups in total. The summed E-state index contributed by atoms with van der Waals surface area (Å²) in [6.07, 6.45) is 7.03. The van der Waals surface area contributed by atoms with Crippen molar-refractivity contribution >= 4 is 0 Å². The van der Waals surface area contributed by atoms with Crippen molar-refractivity contribution in [1.82, 2.24) is 0 Å². The second-order valence-corrected chi connectivity index (χ2v) is 5.64. The monoisotopic (exact) mass is 288 g/mol. The third-order valence-electron chi connectivity index (χ3n) is 3.42. The van der Waals surface area contributed by atoms with Crippen molar-refractivity contribution in [2.45, 2.75) is 45.6 Å². The molecule has 1 rings (SSSR count). The van der Waals surface area contributed by atoms with Crippen molar-refractivity contribution in [3.63, 3.8) is 0 Å². The Morgan fingerprint density at radius 3 is 2.38 bits per heavy atom. The van der Waals surface area contributed by atoms with Crippen LogP contribution in [0.15, 0.2) is 60.2 Å². The summed E-state index contributed by atoms with van der Waals surface area (Å²) in [5, 5.41) is 10.4. The zero-order valence-corrected chi connectivity index (χ0v) is 13.1. The Kier molecular flexibility index (Phi) is 7.10. The molecule has 0 unspecified atom stereocenters. The van der Waals surface area contributed by atoms with Crippen LogP contribution < -0.4 is 0 Å². The molecule has 0 fully saturated rings. The van der Waals surface area contributed by atoms with Crippen molar-refractivity contribution in [3.05, 3.63) is 71.6 Å². The molecule has 0 heterocycles. The van der Waals surface area contributed by atoms with E-state index in [1.54, 1.807) is 18.2 Å². The Morgan fingerprint density at radius 2 is 1.86 bits per heavy atom. The van der Waals surface area contributed by atoms with E-state index in [-0.39, 0.29) is 11.7 Å². The molecule has 0 aliphatic heterocycles. The molecule has 0 bridgehead atoms. The lowest BCUT2D eigenvalue weighted by molar-refractivity contribution is 0.206. The maximum Gasteiger partial charge on any atom is 0.123 e. The summed E-state index contributed by atoms with van der Waals surface area (Å²) in [7, 11) is 0. The Bertz CT molecular complexity index is 507. The first-order valence-corrected chi connectivity index (χ1v) is 7.30. The van der Waals surface area contributed by atoms with Gasteiger partial charge in [-0.1, -0.05) is 41.5 Å². The number of hydrogen-bond donors (Lipinski definition) is 1. The summed E-state index contributed by atoms with van der Waals surface area (Å²) in [5.41, 5.74) is 3.32. The summed E-state index contributed by atoms with van der Waals surface area (Å²) < 4.78 is 13.0. The van der Waals surface area contributed by atoms with Crippen LogP contribution >= 0.6 is 0 Å². The van der Waals surface area contributed by atoms with Crippen molar-refractivity contribution in [3.8, 4) is 0 Å². The van der Waals surface area contributed by atoms with Gasteiger partial charge in [-0.2, -0.15) is 0 Å². The molecule has 0 saturated carbocycles. The van der Waals surface area contributed by atoms with E-state index in [0.29, 0.717) is 0 Å². The molecule has 0 amide bonds. The molecule has 0 saturated heterocycles. The first kappa shape index (κ1) is 17.4. The summed E-state index contributed by atoms with van der Waals surface area (Å²) >= 11 is 0. The van der Waals surface area contributed by atoms with E-state index in [9.17, 15) is 9.50 Å². The van der Waals surface area contributed by atoms with Crippen LogP contribution in [0.4, 0.5) is 4.39 Å². The lowest BCUT2D eigenvalue weighted by Gasteiger charge is -2.18. The van der Waals surface area contributed by atoms with E-state index >= 15 is 0 Å². The molecule has 2 heteroatoms. The molecule has 0 spiro atoms. The largest absolute Gasteiger partial charge is 0.388 e. The van der Waals surface area contributed by atoms with E-state index in [0.717, 1.165) is 24.0 Å². The van der Waals surface area contributed by atoms with Gasteiger partial charge in [0.2, 0.25) is 0 Å². The van der Waals surface area contributed by atoms with Gasteiger partial charge in [-0.05, 0) is 51.3 Å². The fourth-order valence-corrected chi connectivity index (χ4v) is 2.22. The number of halogens is 1. The smallest absolute Gasteiger partial charge is 0.123 e. The number of benzene rings is 1. The first-order valence-electron chi connectivity index (χ1n) is 7.30. The SMILES string of the molecule is C=C[C@H](c1ccc(F)cc1)[C@H](O)C=C(C)CCC=C(C)C. The number of hydrogen-bond acceptors (Lipinski definition) is 1. The van der Waals surface area contributed by atoms with Gasteiger partial charge in [0.25, 0.3) is 0 Å². The fourth-order valence-electron chi connectivity index (χ4n) is 2.22. The van der Waals surface area contributed by atoms with Gasteiger partial charge in [0.15, 0.2) is 0 Å². The third-order valence-corrected chi connectivity index (χ3v) is 3.42. The van der Waals surface area contributed by atoms with Gasteiger partial charge >= 0.3 is 0 Å². The topological polar surface area (TPSA) is 20.2 Å². The molecule has 0 aromatic heterocycles. The first-order chi connectivity index (χ1) is 9.93. The van der Waals surface area contributed by atoms with Crippen LogP contribution in [0.1, 0.15) is 45.1 Å². The van der Waals surface area contributed by atoms with Crippen molar-refractivity contribution in [2.24, 2.45) is 0 Å². The maximum atomic E-state index is 13.0. The maximum absolute atomic E-state index is 13.0. The van der Waals surface area contributed by atoms with Crippen LogP contribution in [0.5, 0.6) is 0 Å². The molecule has 2 atom stereocenters. The highest BCUT2D eigenvalue weighted by molar-refractivity contribution is 5.27. The van der Waals surface area contributed by atoms with Gasteiger partial charge in [-0.15, -0.1) is 6.58 Å². The van der Waals surface area contributed by atoms with E-state index in [1.807, 2.05) is 13.0 Å². The Hall–Kier alpha value is -1.67. The molecule has 21 heavy (non-hydrogen) atoms. The van der Waals surface area contributed by atoms with E-state index in [2.05, 4.69) is 26.5 Å². The summed E-state index contributed by atoms with van der Waals surface area (Å²) in [5.74, 6) is -0.492. The van der Waals surface area contributed by atoms with Crippen LogP contribution in [-0.4, -0.2) is 11.2 Å². The third kappa shape index (κ3) is 6.09. The second kappa shape index (κ2) is 8.58. The van der Waals surface area contributed by atoms with E-state index in [1.165, 1.54) is 17.7 Å². The Morgan fingerprint density at radius 1 is 1.24 bits per heavy atom. The molecular weight excluding hydrogens is 263 g/mol. The molecule has 1 aromatic rings. The fraction of sp³-hybridized carbons (Fsp3) is 0.368. The highest BCUT2D eigenvalue weighted by Crippen LogP contribution is 2.23. The lowest BCUT2D eigenvalue weighted by Crippen LogP contribution is -2.14. The Balaban J connectivity index is 2.74. The summed E-state index contributed by atoms with van der Waals surface area (Å²) in [6, 6.07) is 6.20. The van der Waals surface area contributed by atoms with E-state index < -0.39 is 6.10 Å². The minimum atomic E-state index is -0.639. The molecule has 1 aromatic carbocycles. The number of aliphatic hydroxyl groups excluding tert-OH is 1. The molecule has 1 nitrogen and oxygen atoms in total. The highest BCUT2D eigenvalue weighted by Gasteiger charge is 2.16. The zero-order valence-electron chi connectivity index (χ0n) is 13.1. The van der Waals surface area contributed by atoms with Crippen LogP contribution in [0.3, 0.4) is 0 Å². The van der Waals surface area contributed by atoms with Gasteiger partial charge < -0.3 is 5.11 Å².